The maximum absolute atomic E-state index is 10.5. The van der Waals surface area contributed by atoms with Gasteiger partial charge in [-0.25, -0.2) is 0 Å². The first-order chi connectivity index (χ1) is 62.5. The highest BCUT2D eigenvalue weighted by molar-refractivity contribution is 7.26. The van der Waals surface area contributed by atoms with Gasteiger partial charge in [-0.3, -0.25) is 0 Å². The molecule has 0 saturated heterocycles. The molecule has 0 atom stereocenters. The molecule has 4 aromatic heterocycles. The highest BCUT2D eigenvalue weighted by Crippen LogP contribution is 2.58. The molecular weight excluding hydrogens is 1510 g/mol. The first-order valence-electron chi connectivity index (χ1n) is 47.1. The van der Waals surface area contributed by atoms with Gasteiger partial charge in [-0.2, -0.15) is 0 Å². The zero-order valence-corrected chi connectivity index (χ0v) is 73.1. The highest BCUT2D eigenvalue weighted by atomic mass is 32.1. The van der Waals surface area contributed by atoms with E-state index in [1.807, 2.05) is 12.1 Å². The normalized spacial score (nSPS) is 14.2. The fourth-order valence-electron chi connectivity index (χ4n) is 19.7. The van der Waals surface area contributed by atoms with E-state index in [4.69, 9.17) is 4.42 Å². The minimum atomic E-state index is -0.624. The second-order valence-electron chi connectivity index (χ2n) is 39.1. The Hall–Kier alpha value is -13.2. The van der Waals surface area contributed by atoms with Crippen LogP contribution in [0.2, 0.25) is 0 Å². The largest absolute Gasteiger partial charge is 0.456 e. The Balaban J connectivity index is 0.997. The van der Waals surface area contributed by atoms with Crippen LogP contribution in [0.3, 0.4) is 0 Å². The molecule has 123 heavy (non-hydrogen) atoms. The molecule has 0 fully saturated rings. The second kappa shape index (κ2) is 27.7. The summed E-state index contributed by atoms with van der Waals surface area (Å²) >= 11 is 1.78. The topological polar surface area (TPSA) is 29.5 Å². The van der Waals surface area contributed by atoms with E-state index in [0.29, 0.717) is 17.1 Å². The summed E-state index contributed by atoms with van der Waals surface area (Å²) in [5.74, 6) is 0. The van der Waals surface area contributed by atoms with Crippen molar-refractivity contribution in [2.24, 2.45) is 0 Å². The Kier molecular flexibility index (Phi) is 15.2. The number of hydrogen-bond acceptors (Lipinski definition) is 4. The average molecular weight is 1620 g/mol. The number of furan rings is 1. The summed E-state index contributed by atoms with van der Waals surface area (Å²) in [6.07, 6.45) is 0. The maximum atomic E-state index is 10.5. The molecule has 0 amide bonds. The number of fused-ring (bicyclic) bond motifs is 16. The van der Waals surface area contributed by atoms with Crippen molar-refractivity contribution in [2.75, 3.05) is 9.80 Å². The number of hydrogen-bond donors (Lipinski definition) is 0. The monoisotopic (exact) mass is 1610 g/mol. The lowest BCUT2D eigenvalue weighted by Gasteiger charge is -2.46. The van der Waals surface area contributed by atoms with E-state index < -0.39 is 65.9 Å². The molecule has 20 aromatic rings. The number of benzene rings is 16. The molecule has 598 valence electrons. The van der Waals surface area contributed by atoms with E-state index >= 15 is 0 Å². The molecule has 5 nitrogen and oxygen atoms in total. The number of para-hydroxylation sites is 3. The summed E-state index contributed by atoms with van der Waals surface area (Å²) in [6.45, 7) is 33.6. The third-order valence-corrected chi connectivity index (χ3v) is 27.2. The molecular formula is C116H99BN4OS. The standard InChI is InChI=1S/C116H99BN4OS/c1-112(2,3)74-38-30-37-72(59-74)73-51-56-99-94(60-73)117-93-55-54-79(118-97-57-52-75(113(4,5)6)61-89(97)90-62-76(114(7,8)9)53-58-98(90)118)67-100(93)121(110-87(70-33-18-16-19-34-70)63-77(115(10,11)12)64-88(110)71-35-20-17-21-36-71)102-69-80(119-95-45-26-22-39-81(95)82-40-23-27-46-96(82)119)68-101(109(102)117)120(99)111-91(83-43-31-48-104-107(83)85-41-24-28-47-103(85)122-104)65-78(116(13,14)15)66-92(111)84-44-32-50-106-108(84)86-42-25-29-49-105(86)123-106/h16-69H,1-15H3/i22D,23D,26D,27D,39D,40D,45D,46D. The molecule has 0 unspecified atom stereocenters. The van der Waals surface area contributed by atoms with Crippen LogP contribution in [-0.2, 0) is 27.1 Å². The highest BCUT2D eigenvalue weighted by Gasteiger charge is 2.47. The maximum Gasteiger partial charge on any atom is 0.252 e. The van der Waals surface area contributed by atoms with E-state index in [9.17, 15) is 11.0 Å². The number of thiophene rings is 1. The van der Waals surface area contributed by atoms with Gasteiger partial charge in [0.2, 0.25) is 0 Å². The van der Waals surface area contributed by atoms with Crippen molar-refractivity contribution >= 4 is 154 Å². The summed E-state index contributed by atoms with van der Waals surface area (Å²) in [5, 5.41) is 6.37. The number of anilines is 6. The average Bonchev–Trinajstić information content (AvgIpc) is 1.29. The van der Waals surface area contributed by atoms with Crippen LogP contribution in [0, 0.1) is 0 Å². The van der Waals surface area contributed by atoms with Gasteiger partial charge in [-0.15, -0.1) is 11.3 Å². The lowest BCUT2D eigenvalue weighted by Crippen LogP contribution is -2.61. The summed E-state index contributed by atoms with van der Waals surface area (Å²) in [4.78, 5) is 5.03. The zero-order chi connectivity index (χ0) is 91.2. The van der Waals surface area contributed by atoms with Gasteiger partial charge in [-0.1, -0.05) is 316 Å². The van der Waals surface area contributed by atoms with Gasteiger partial charge in [0.15, 0.2) is 0 Å². The third-order valence-electron chi connectivity index (χ3n) is 26.1. The molecule has 0 radical (unpaired) electrons. The van der Waals surface area contributed by atoms with Crippen molar-refractivity contribution in [3.8, 4) is 67.0 Å². The van der Waals surface area contributed by atoms with Crippen LogP contribution in [0.5, 0.6) is 0 Å². The molecule has 2 aliphatic heterocycles. The van der Waals surface area contributed by atoms with Gasteiger partial charge < -0.3 is 23.4 Å². The lowest BCUT2D eigenvalue weighted by atomic mass is 9.33. The van der Waals surface area contributed by atoms with Crippen molar-refractivity contribution in [1.82, 2.24) is 9.13 Å². The SMILES string of the molecule is [2H]c1c([2H])c([2H])c2c(c1[2H])c1c([2H])c([2H])c([2H])c([2H])c1n2-c1cc2c3c(c1)N(c1c(-c4cccc5oc6ccccc6c45)cc(C(C)(C)C)cc1-c1cccc4sc5ccccc5c14)c1ccc(-c4cccc(C(C)(C)C)c4)cc1B3c1ccc(-n3c4ccc(C(C)(C)C)cc4c4cc(C(C)(C)C)ccc43)cc1N2c1c(-c2ccccc2)cc(C(C)(C)C)cc1-c1ccccc1. The molecule has 7 heteroatoms. The Labute approximate surface area is 737 Å². The van der Waals surface area contributed by atoms with Gasteiger partial charge in [0.05, 0.1) is 50.1 Å². The summed E-state index contributed by atoms with van der Waals surface area (Å²) in [6, 6.07) is 99.2. The predicted molar refractivity (Wildman–Crippen MR) is 530 cm³/mol. The van der Waals surface area contributed by atoms with Crippen LogP contribution in [0.4, 0.5) is 34.1 Å². The Morgan fingerprint density at radius 1 is 0.285 bits per heavy atom. The van der Waals surface area contributed by atoms with Gasteiger partial charge in [0.1, 0.15) is 11.2 Å². The molecule has 0 bridgehead atoms. The quantitative estimate of drug-likeness (QED) is 0.135. The predicted octanol–water partition coefficient (Wildman–Crippen LogP) is 31.1. The van der Waals surface area contributed by atoms with E-state index in [0.717, 1.165) is 176 Å². The number of rotatable bonds is 9. The van der Waals surface area contributed by atoms with E-state index in [1.54, 1.807) is 15.9 Å². The van der Waals surface area contributed by atoms with Crippen LogP contribution < -0.4 is 26.2 Å². The lowest BCUT2D eigenvalue weighted by molar-refractivity contribution is 0.590. The van der Waals surface area contributed by atoms with Crippen LogP contribution in [0.15, 0.2) is 332 Å². The molecule has 16 aromatic carbocycles. The molecule has 22 rings (SSSR count). The number of nitrogens with zero attached hydrogens (tertiary/aromatic N) is 4. The van der Waals surface area contributed by atoms with Gasteiger partial charge in [-0.05, 0) is 220 Å². The van der Waals surface area contributed by atoms with Crippen molar-refractivity contribution < 1.29 is 15.4 Å². The molecule has 0 spiro atoms. The minimum absolute atomic E-state index is 0.00199. The molecule has 0 saturated carbocycles. The smallest absolute Gasteiger partial charge is 0.252 e. The fourth-order valence-corrected chi connectivity index (χ4v) is 20.8. The molecule has 0 aliphatic carbocycles. The van der Waals surface area contributed by atoms with Crippen molar-refractivity contribution in [3.63, 3.8) is 0 Å². The van der Waals surface area contributed by atoms with Crippen LogP contribution in [-0.4, -0.2) is 15.8 Å². The van der Waals surface area contributed by atoms with E-state index in [-0.39, 0.29) is 38.1 Å². The zero-order valence-electron chi connectivity index (χ0n) is 80.2. The summed E-state index contributed by atoms with van der Waals surface area (Å²) in [7, 11) is 0. The van der Waals surface area contributed by atoms with Gasteiger partial charge in [0, 0.05) is 103 Å². The van der Waals surface area contributed by atoms with Crippen molar-refractivity contribution in [2.45, 2.75) is 131 Å². The Morgan fingerprint density at radius 3 is 1.35 bits per heavy atom. The fraction of sp³-hybridized carbons (Fsp3) is 0.172. The van der Waals surface area contributed by atoms with Crippen LogP contribution in [0.1, 0.15) is 143 Å². The van der Waals surface area contributed by atoms with Crippen LogP contribution in [0.25, 0.3) is 153 Å². The van der Waals surface area contributed by atoms with Crippen molar-refractivity contribution in [3.05, 3.63) is 355 Å². The summed E-state index contributed by atoms with van der Waals surface area (Å²) < 4.78 is 93.4. The number of aromatic nitrogens is 2. The van der Waals surface area contributed by atoms with Gasteiger partial charge >= 0.3 is 0 Å². The molecule has 2 aliphatic rings. The van der Waals surface area contributed by atoms with E-state index in [2.05, 4.69) is 385 Å². The van der Waals surface area contributed by atoms with Crippen LogP contribution >= 0.6 is 11.3 Å². The first-order valence-corrected chi connectivity index (χ1v) is 43.9. The van der Waals surface area contributed by atoms with Gasteiger partial charge in [0.25, 0.3) is 6.71 Å². The first kappa shape index (κ1) is 67.5. The minimum Gasteiger partial charge on any atom is -0.456 e. The Morgan fingerprint density at radius 2 is 0.748 bits per heavy atom. The molecule has 0 N–H and O–H groups in total. The summed E-state index contributed by atoms with van der Waals surface area (Å²) in [5.41, 5.74) is 26.8. The van der Waals surface area contributed by atoms with Crippen molar-refractivity contribution in [1.29, 1.82) is 0 Å². The molecule has 6 heterocycles. The van der Waals surface area contributed by atoms with E-state index in [1.165, 1.54) is 16.7 Å². The Bertz CT molecular complexity index is 7960. The second-order valence-corrected chi connectivity index (χ2v) is 40.1. The third kappa shape index (κ3) is 12.2.